The molecule has 0 saturated carbocycles. The lowest BCUT2D eigenvalue weighted by Gasteiger charge is -2.21. The van der Waals surface area contributed by atoms with Crippen LogP contribution in [0.1, 0.15) is 44.2 Å². The zero-order valence-electron chi connectivity index (χ0n) is 20.9. The van der Waals surface area contributed by atoms with E-state index in [1.807, 2.05) is 48.5 Å². The second kappa shape index (κ2) is 15.9. The van der Waals surface area contributed by atoms with Crippen LogP contribution in [0.3, 0.4) is 0 Å². The van der Waals surface area contributed by atoms with E-state index in [2.05, 4.69) is 55.6 Å². The van der Waals surface area contributed by atoms with Crippen molar-refractivity contribution in [2.24, 2.45) is 5.92 Å². The van der Waals surface area contributed by atoms with E-state index < -0.39 is 0 Å². The van der Waals surface area contributed by atoms with E-state index in [0.29, 0.717) is 5.92 Å². The predicted octanol–water partition coefficient (Wildman–Crippen LogP) is 5.65. The summed E-state index contributed by atoms with van der Waals surface area (Å²) >= 11 is 0. The van der Waals surface area contributed by atoms with E-state index in [1.54, 1.807) is 0 Å². The summed E-state index contributed by atoms with van der Waals surface area (Å²) in [6.45, 7) is 4.29. The van der Waals surface area contributed by atoms with Gasteiger partial charge in [0.15, 0.2) is 0 Å². The zero-order valence-corrected chi connectivity index (χ0v) is 20.9. The molecule has 6 nitrogen and oxygen atoms in total. The third-order valence-electron chi connectivity index (χ3n) is 5.46. The normalized spacial score (nSPS) is 11.1. The number of nitrogens with one attached hydrogen (secondary N) is 1. The lowest BCUT2D eigenvalue weighted by molar-refractivity contribution is -0.146. The minimum absolute atomic E-state index is 0.0282. The zero-order chi connectivity index (χ0) is 26.2. The molecule has 3 aromatic rings. The first-order valence-corrected chi connectivity index (χ1v) is 12.1. The van der Waals surface area contributed by atoms with Crippen molar-refractivity contribution in [3.05, 3.63) is 96.1 Å². The van der Waals surface area contributed by atoms with Gasteiger partial charge in [-0.1, -0.05) is 98.8 Å². The largest absolute Gasteiger partial charge is 0.483 e. The van der Waals surface area contributed by atoms with Crippen molar-refractivity contribution in [3.63, 3.8) is 0 Å². The van der Waals surface area contributed by atoms with Gasteiger partial charge in [-0.15, -0.1) is 0 Å². The van der Waals surface area contributed by atoms with E-state index in [4.69, 9.17) is 14.6 Å². The van der Waals surface area contributed by atoms with Crippen LogP contribution in [0.25, 0.3) is 11.1 Å². The molecule has 3 rings (SSSR count). The maximum absolute atomic E-state index is 12.5. The van der Waals surface area contributed by atoms with Crippen molar-refractivity contribution < 1.29 is 24.2 Å². The summed E-state index contributed by atoms with van der Waals surface area (Å²) in [5.74, 6) is -0.0149. The molecule has 0 bridgehead atoms. The molecule has 1 amide bonds. The number of ether oxygens (including phenoxy) is 1. The minimum atomic E-state index is -0.356. The molecule has 0 radical (unpaired) electrons. The minimum Gasteiger partial charge on any atom is -0.483 e. The Morgan fingerprint density at radius 1 is 0.833 bits per heavy atom. The predicted molar refractivity (Wildman–Crippen MR) is 141 cm³/mol. The van der Waals surface area contributed by atoms with E-state index in [0.717, 1.165) is 18.4 Å². The molecule has 36 heavy (non-hydrogen) atoms. The van der Waals surface area contributed by atoms with Gasteiger partial charge < -0.3 is 15.2 Å². The summed E-state index contributed by atoms with van der Waals surface area (Å²) in [5.41, 5.74) is 4.49. The molecule has 0 heterocycles. The summed E-state index contributed by atoms with van der Waals surface area (Å²) < 4.78 is 5.27. The molecular weight excluding hydrogens is 454 g/mol. The topological polar surface area (TPSA) is 92.7 Å². The van der Waals surface area contributed by atoms with Gasteiger partial charge in [0, 0.05) is 12.5 Å². The molecule has 0 unspecified atom stereocenters. The Bertz CT molecular complexity index is 1050. The molecule has 190 valence electrons. The Morgan fingerprint density at radius 3 is 1.97 bits per heavy atom. The molecule has 0 fully saturated rings. The first-order valence-electron chi connectivity index (χ1n) is 12.1. The van der Waals surface area contributed by atoms with Crippen LogP contribution >= 0.6 is 0 Å². The third kappa shape index (κ3) is 11.0. The fraction of sp³-hybridized carbons (Fsp3) is 0.300. The van der Waals surface area contributed by atoms with E-state index >= 15 is 0 Å². The van der Waals surface area contributed by atoms with Gasteiger partial charge in [-0.05, 0) is 41.0 Å². The van der Waals surface area contributed by atoms with Gasteiger partial charge in [-0.25, -0.2) is 0 Å². The van der Waals surface area contributed by atoms with Gasteiger partial charge in [0.25, 0.3) is 6.47 Å². The summed E-state index contributed by atoms with van der Waals surface area (Å²) in [6, 6.07) is 28.4. The average Bonchev–Trinajstić information content (AvgIpc) is 2.88. The van der Waals surface area contributed by atoms with Gasteiger partial charge in [0.1, 0.15) is 6.61 Å². The van der Waals surface area contributed by atoms with Crippen LogP contribution in [0.5, 0.6) is 0 Å². The highest BCUT2D eigenvalue weighted by molar-refractivity contribution is 5.81. The Morgan fingerprint density at radius 2 is 1.39 bits per heavy atom. The van der Waals surface area contributed by atoms with Crippen LogP contribution in [0.2, 0.25) is 0 Å². The Kier molecular flexibility index (Phi) is 12.5. The van der Waals surface area contributed by atoms with Crippen LogP contribution in [0.4, 0.5) is 0 Å². The van der Waals surface area contributed by atoms with Crippen LogP contribution in [0.15, 0.2) is 84.9 Å². The Labute approximate surface area is 213 Å². The number of carbonyl (C=O) groups excluding carboxylic acids is 2. The highest BCUT2D eigenvalue weighted by atomic mass is 16.5. The smallest absolute Gasteiger partial charge is 0.306 e. The SMILES string of the molecule is CC(C)C[C@@H](Cc1ccc(-c2ccccc2)cc1)NC(=O)CCC(=O)OCc1ccccc1.O=CO. The van der Waals surface area contributed by atoms with Crippen molar-refractivity contribution >= 4 is 18.3 Å². The lowest BCUT2D eigenvalue weighted by Crippen LogP contribution is -2.37. The first-order chi connectivity index (χ1) is 17.4. The number of carbonyl (C=O) groups is 3. The Balaban J connectivity index is 0.00000145. The van der Waals surface area contributed by atoms with Crippen molar-refractivity contribution in [2.45, 2.75) is 52.2 Å². The van der Waals surface area contributed by atoms with Crippen molar-refractivity contribution in [1.82, 2.24) is 5.32 Å². The highest BCUT2D eigenvalue weighted by Gasteiger charge is 2.16. The molecule has 0 spiro atoms. The summed E-state index contributed by atoms with van der Waals surface area (Å²) in [4.78, 5) is 32.9. The van der Waals surface area contributed by atoms with Crippen LogP contribution in [-0.2, 0) is 32.1 Å². The fourth-order valence-electron chi connectivity index (χ4n) is 3.84. The molecular formula is C30H35NO5. The second-order valence-corrected chi connectivity index (χ2v) is 8.91. The molecule has 1 atom stereocenters. The number of esters is 1. The van der Waals surface area contributed by atoms with Crippen molar-refractivity contribution in [2.75, 3.05) is 0 Å². The van der Waals surface area contributed by atoms with E-state index in [9.17, 15) is 9.59 Å². The molecule has 0 aliphatic carbocycles. The third-order valence-corrected chi connectivity index (χ3v) is 5.46. The van der Waals surface area contributed by atoms with Crippen molar-refractivity contribution in [3.8, 4) is 11.1 Å². The second-order valence-electron chi connectivity index (χ2n) is 8.91. The number of rotatable bonds is 11. The van der Waals surface area contributed by atoms with Gasteiger partial charge >= 0.3 is 5.97 Å². The van der Waals surface area contributed by atoms with Crippen LogP contribution in [0, 0.1) is 5.92 Å². The quantitative estimate of drug-likeness (QED) is 0.268. The molecule has 0 saturated heterocycles. The Hall–Kier alpha value is -3.93. The summed E-state index contributed by atoms with van der Waals surface area (Å²) in [5, 5.41) is 10.0. The number of hydrogen-bond acceptors (Lipinski definition) is 4. The standard InChI is InChI=1S/C29H33NO3.CH2O2/c1-22(2)19-27(20-23-13-15-26(16-14-23)25-11-7-4-8-12-25)30-28(31)17-18-29(32)33-21-24-9-5-3-6-10-24;2-1-3/h3-16,22,27H,17-21H2,1-2H3,(H,30,31);1H,(H,2,3)/t27-;/m0./s1. The molecule has 3 aromatic carbocycles. The van der Waals surface area contributed by atoms with Crippen LogP contribution in [-0.4, -0.2) is 29.5 Å². The van der Waals surface area contributed by atoms with Gasteiger partial charge in [0.05, 0.1) is 6.42 Å². The van der Waals surface area contributed by atoms with E-state index in [-0.39, 0.29) is 43.8 Å². The van der Waals surface area contributed by atoms with Crippen molar-refractivity contribution in [1.29, 1.82) is 0 Å². The summed E-state index contributed by atoms with van der Waals surface area (Å²) in [7, 11) is 0. The number of carboxylic acid groups (broad SMARTS) is 1. The number of hydrogen-bond donors (Lipinski definition) is 2. The van der Waals surface area contributed by atoms with Gasteiger partial charge in [-0.3, -0.25) is 14.4 Å². The fourth-order valence-corrected chi connectivity index (χ4v) is 3.84. The maximum Gasteiger partial charge on any atom is 0.306 e. The molecule has 0 aromatic heterocycles. The van der Waals surface area contributed by atoms with Gasteiger partial charge in [0.2, 0.25) is 5.91 Å². The average molecular weight is 490 g/mol. The number of amides is 1. The van der Waals surface area contributed by atoms with E-state index in [1.165, 1.54) is 16.7 Å². The summed E-state index contributed by atoms with van der Waals surface area (Å²) in [6.07, 6.45) is 1.86. The monoisotopic (exact) mass is 489 g/mol. The lowest BCUT2D eigenvalue weighted by atomic mass is 9.95. The highest BCUT2D eigenvalue weighted by Crippen LogP contribution is 2.20. The molecule has 0 aliphatic rings. The molecule has 0 aliphatic heterocycles. The van der Waals surface area contributed by atoms with Crippen LogP contribution < -0.4 is 5.32 Å². The van der Waals surface area contributed by atoms with Gasteiger partial charge in [-0.2, -0.15) is 0 Å². The number of benzene rings is 3. The maximum atomic E-state index is 12.5. The molecule has 6 heteroatoms. The molecule has 2 N–H and O–H groups in total. The first kappa shape index (κ1) is 28.3.